The molecular formula is C44H55N5O10S. The van der Waals surface area contributed by atoms with E-state index >= 15 is 0 Å². The lowest BCUT2D eigenvalue weighted by Crippen LogP contribution is -2.58. The number of rotatable bonds is 16. The first-order chi connectivity index (χ1) is 28.3. The van der Waals surface area contributed by atoms with Crippen molar-refractivity contribution in [3.05, 3.63) is 78.9 Å². The predicted octanol–water partition coefficient (Wildman–Crippen LogP) is 5.19. The molecule has 6 atom stereocenters. The van der Waals surface area contributed by atoms with Crippen LogP contribution < -0.4 is 24.8 Å². The number of esters is 1. The second-order valence-corrected chi connectivity index (χ2v) is 18.8. The number of amides is 3. The summed E-state index contributed by atoms with van der Waals surface area (Å²) in [5, 5.41) is 5.82. The van der Waals surface area contributed by atoms with Crippen molar-refractivity contribution in [3.63, 3.8) is 0 Å². The summed E-state index contributed by atoms with van der Waals surface area (Å²) >= 11 is 0. The summed E-state index contributed by atoms with van der Waals surface area (Å²) in [7, 11) is -2.35. The van der Waals surface area contributed by atoms with Crippen LogP contribution in [0.4, 0.5) is 4.79 Å². The lowest BCUT2D eigenvalue weighted by Gasteiger charge is -2.32. The smallest absolute Gasteiger partial charge is 0.408 e. The number of allylic oxidation sites excluding steroid dienone is 1. The number of alkyl carbamates (subject to hydrolysis) is 1. The number of nitrogens with zero attached hydrogens (tertiary/aromatic N) is 2. The molecule has 2 heterocycles. The molecule has 1 aromatic heterocycles. The number of carbonyl (C=O) groups is 4. The molecule has 2 saturated carbocycles. The predicted molar refractivity (Wildman–Crippen MR) is 226 cm³/mol. The molecule has 1 saturated heterocycles. The molecule has 6 unspecified atom stereocenters. The van der Waals surface area contributed by atoms with Gasteiger partial charge in [-0.2, -0.15) is 0 Å². The fourth-order valence-electron chi connectivity index (χ4n) is 7.51. The zero-order chi connectivity index (χ0) is 43.6. The van der Waals surface area contributed by atoms with Crippen LogP contribution in [-0.2, 0) is 33.9 Å². The number of sulfonamides is 1. The highest BCUT2D eigenvalue weighted by molar-refractivity contribution is 7.91. The fourth-order valence-corrected chi connectivity index (χ4v) is 8.88. The summed E-state index contributed by atoms with van der Waals surface area (Å²) < 4.78 is 51.5. The van der Waals surface area contributed by atoms with Crippen LogP contribution >= 0.6 is 0 Å². The van der Waals surface area contributed by atoms with Crippen molar-refractivity contribution in [1.82, 2.24) is 25.2 Å². The van der Waals surface area contributed by atoms with Gasteiger partial charge in [0.05, 0.1) is 35.7 Å². The number of likely N-dealkylation sites (tertiary alicyclic amines) is 1. The quantitative estimate of drug-likeness (QED) is 0.0973. The van der Waals surface area contributed by atoms with E-state index in [4.69, 9.17) is 23.9 Å². The van der Waals surface area contributed by atoms with Gasteiger partial charge in [-0.15, -0.1) is 0 Å². The Morgan fingerprint density at radius 3 is 2.42 bits per heavy atom. The number of hydrogen-bond donors (Lipinski definition) is 3. The Labute approximate surface area is 351 Å². The molecule has 60 heavy (non-hydrogen) atoms. The molecule has 16 heteroatoms. The number of methoxy groups -OCH3 is 1. The van der Waals surface area contributed by atoms with Crippen molar-refractivity contribution in [2.24, 2.45) is 5.92 Å². The Balaban J connectivity index is 1.34. The van der Waals surface area contributed by atoms with Gasteiger partial charge in [-0.05, 0) is 72.9 Å². The Morgan fingerprint density at radius 2 is 1.80 bits per heavy atom. The van der Waals surface area contributed by atoms with Crippen LogP contribution in [-0.4, -0.2) is 103 Å². The summed E-state index contributed by atoms with van der Waals surface area (Å²) in [6.07, 6.45) is 1.75. The van der Waals surface area contributed by atoms with Gasteiger partial charge in [0.15, 0.2) is 0 Å². The number of carbonyl (C=O) groups excluding carboxylic acids is 4. The number of benzene rings is 2. The fraction of sp³-hybridized carbons (Fsp3) is 0.477. The van der Waals surface area contributed by atoms with Gasteiger partial charge >= 0.3 is 12.1 Å². The second-order valence-electron chi connectivity index (χ2n) is 16.8. The number of fused-ring (bicyclic) bond motifs is 1. The molecule has 322 valence electrons. The maximum absolute atomic E-state index is 14.6. The van der Waals surface area contributed by atoms with Crippen LogP contribution in [0, 0.1) is 5.92 Å². The molecule has 0 radical (unpaired) electrons. The van der Waals surface area contributed by atoms with Gasteiger partial charge in [0.25, 0.3) is 5.91 Å². The Kier molecular flexibility index (Phi) is 12.9. The molecule has 15 nitrogen and oxygen atoms in total. The Morgan fingerprint density at radius 1 is 1.08 bits per heavy atom. The molecular weight excluding hydrogens is 791 g/mol. The van der Waals surface area contributed by atoms with E-state index in [1.54, 1.807) is 59.6 Å². The SMILES string of the molecule is C=C(C)C1CC1(NC(=O)C1CC(Oc2cc(-c3ccccc3)nc3cc(OC)ccc23)CN1CC(NC(=O)OC(C)(C)C)C(C)OC(=O)C=CC)C(=O)NS(=O)(=O)C1CC1. The van der Waals surface area contributed by atoms with Crippen molar-refractivity contribution in [3.8, 4) is 22.8 Å². The van der Waals surface area contributed by atoms with Gasteiger partial charge in [-0.25, -0.2) is 23.0 Å². The first-order valence-corrected chi connectivity index (χ1v) is 21.7. The highest BCUT2D eigenvalue weighted by Crippen LogP contribution is 2.49. The second kappa shape index (κ2) is 17.6. The normalized spacial score (nSPS) is 22.7. The number of aromatic nitrogens is 1. The van der Waals surface area contributed by atoms with E-state index in [1.807, 2.05) is 48.5 Å². The summed E-state index contributed by atoms with van der Waals surface area (Å²) in [5.74, 6) is -1.36. The van der Waals surface area contributed by atoms with Crippen LogP contribution in [0.15, 0.2) is 78.9 Å². The van der Waals surface area contributed by atoms with Gasteiger partial charge in [0, 0.05) is 54.6 Å². The van der Waals surface area contributed by atoms with Gasteiger partial charge in [0.2, 0.25) is 15.9 Å². The van der Waals surface area contributed by atoms with Gasteiger partial charge in [-0.1, -0.05) is 48.6 Å². The molecule has 3 aromatic rings. The number of nitrogens with one attached hydrogen (secondary N) is 3. The first kappa shape index (κ1) is 44.1. The highest BCUT2D eigenvalue weighted by Gasteiger charge is 2.63. The van der Waals surface area contributed by atoms with E-state index in [0.717, 1.165) is 5.56 Å². The molecule has 1 aliphatic heterocycles. The summed E-state index contributed by atoms with van der Waals surface area (Å²) in [4.78, 5) is 61.0. The molecule has 3 aliphatic rings. The van der Waals surface area contributed by atoms with Crippen molar-refractivity contribution in [1.29, 1.82) is 0 Å². The lowest BCUT2D eigenvalue weighted by atomic mass is 10.1. The van der Waals surface area contributed by atoms with Gasteiger partial charge in [-0.3, -0.25) is 19.2 Å². The molecule has 2 aliphatic carbocycles. The van der Waals surface area contributed by atoms with Crippen LogP contribution in [0.25, 0.3) is 22.2 Å². The van der Waals surface area contributed by atoms with Gasteiger partial charge in [0.1, 0.15) is 34.8 Å². The van der Waals surface area contributed by atoms with Crippen molar-refractivity contribution >= 4 is 44.8 Å². The summed E-state index contributed by atoms with van der Waals surface area (Å²) in [5.41, 5.74) is 0.385. The van der Waals surface area contributed by atoms with Gasteiger partial charge < -0.3 is 29.6 Å². The minimum absolute atomic E-state index is 0.00972. The van der Waals surface area contributed by atoms with Crippen LogP contribution in [0.3, 0.4) is 0 Å². The average Bonchev–Trinajstić information content (AvgIpc) is 4.11. The average molecular weight is 846 g/mol. The van der Waals surface area contributed by atoms with E-state index in [-0.39, 0.29) is 25.9 Å². The van der Waals surface area contributed by atoms with Crippen molar-refractivity contribution < 1.29 is 46.5 Å². The Hall–Kier alpha value is -5.48. The number of pyridine rings is 1. The maximum Gasteiger partial charge on any atom is 0.408 e. The molecule has 6 rings (SSSR count). The molecule has 0 spiro atoms. The van der Waals surface area contributed by atoms with E-state index in [1.165, 1.54) is 12.2 Å². The molecule has 3 N–H and O–H groups in total. The molecule has 2 aromatic carbocycles. The summed E-state index contributed by atoms with van der Waals surface area (Å²) in [6, 6.07) is 15.1. The van der Waals surface area contributed by atoms with E-state index in [9.17, 15) is 27.6 Å². The maximum atomic E-state index is 14.6. The van der Waals surface area contributed by atoms with E-state index in [0.29, 0.717) is 46.5 Å². The zero-order valence-corrected chi connectivity index (χ0v) is 36.0. The number of ether oxygens (including phenoxy) is 4. The minimum Gasteiger partial charge on any atom is -0.497 e. The standard InChI is InChI=1S/C44H55N5O10S/c1-9-13-39(50)57-27(4)36(46-42(53)59-43(5,6)7)25-49-24-30(58-38-22-34(28-14-11-10-12-15-28)45-35-20-29(56-8)16-19-32(35)38)21-37(49)40(51)47-44(23-33(44)26(2)3)41(52)48-60(54,55)31-17-18-31/h9-16,19-20,22,27,30-31,33,36-37H,2,17-18,21,23-25H2,1,3-8H3,(H,46,53)(H,47,51)(H,48,52). The topological polar surface area (TPSA) is 192 Å². The number of hydrogen-bond acceptors (Lipinski definition) is 12. The zero-order valence-electron chi connectivity index (χ0n) is 35.1. The largest absolute Gasteiger partial charge is 0.497 e. The highest BCUT2D eigenvalue weighted by atomic mass is 32.2. The van der Waals surface area contributed by atoms with Crippen molar-refractivity contribution in [2.45, 2.75) is 108 Å². The monoisotopic (exact) mass is 845 g/mol. The molecule has 3 amide bonds. The van der Waals surface area contributed by atoms with Crippen molar-refractivity contribution in [2.75, 3.05) is 20.2 Å². The lowest BCUT2D eigenvalue weighted by molar-refractivity contribution is -0.144. The third-order valence-corrected chi connectivity index (χ3v) is 12.6. The molecule has 0 bridgehead atoms. The first-order valence-electron chi connectivity index (χ1n) is 20.1. The van der Waals surface area contributed by atoms with Crippen LogP contribution in [0.5, 0.6) is 11.5 Å². The third kappa shape index (κ3) is 10.4. The molecule has 3 fully saturated rings. The van der Waals surface area contributed by atoms with E-state index in [2.05, 4.69) is 21.9 Å². The van der Waals surface area contributed by atoms with E-state index < -0.39 is 80.5 Å². The summed E-state index contributed by atoms with van der Waals surface area (Å²) in [6.45, 7) is 14.4. The third-order valence-electron chi connectivity index (χ3n) is 10.8. The minimum atomic E-state index is -3.92. The Bertz CT molecular complexity index is 2270. The van der Waals surface area contributed by atoms with Crippen LogP contribution in [0.1, 0.15) is 67.2 Å². The van der Waals surface area contributed by atoms with Crippen LogP contribution in [0.2, 0.25) is 0 Å².